The van der Waals surface area contributed by atoms with Crippen LogP contribution >= 0.6 is 0 Å². The van der Waals surface area contributed by atoms with Crippen molar-refractivity contribution < 1.29 is 4.79 Å². The molecule has 1 aromatic heterocycles. The van der Waals surface area contributed by atoms with E-state index in [0.29, 0.717) is 23.5 Å². The molecule has 0 aliphatic carbocycles. The number of hydrogen-bond acceptors (Lipinski definition) is 7. The SMILES string of the molecule is C=N/C(=C\C=N/CNc1cccc(C=O)c1)c1cnc(N2CCCC2)c(C#N)c1. The first kappa shape index (κ1) is 20.0. The van der Waals surface area contributed by atoms with Gasteiger partial charge in [0.15, 0.2) is 0 Å². The highest BCUT2D eigenvalue weighted by atomic mass is 16.1. The molecule has 0 amide bonds. The van der Waals surface area contributed by atoms with Gasteiger partial charge in [-0.25, -0.2) is 4.98 Å². The van der Waals surface area contributed by atoms with Gasteiger partial charge >= 0.3 is 0 Å². The lowest BCUT2D eigenvalue weighted by atomic mass is 10.1. The zero-order valence-corrected chi connectivity index (χ0v) is 16.1. The fourth-order valence-corrected chi connectivity index (χ4v) is 3.14. The van der Waals surface area contributed by atoms with Gasteiger partial charge in [0.1, 0.15) is 24.8 Å². The van der Waals surface area contributed by atoms with Crippen LogP contribution in [0.15, 0.2) is 52.6 Å². The van der Waals surface area contributed by atoms with Crippen molar-refractivity contribution in [2.24, 2.45) is 9.98 Å². The Labute approximate surface area is 170 Å². The minimum atomic E-state index is 0.346. The predicted molar refractivity (Wildman–Crippen MR) is 117 cm³/mol. The van der Waals surface area contributed by atoms with Crippen LogP contribution in [0.4, 0.5) is 11.5 Å². The summed E-state index contributed by atoms with van der Waals surface area (Å²) >= 11 is 0. The number of benzene rings is 1. The number of aldehydes is 1. The maximum Gasteiger partial charge on any atom is 0.150 e. The largest absolute Gasteiger partial charge is 0.366 e. The Morgan fingerprint density at radius 1 is 1.34 bits per heavy atom. The van der Waals surface area contributed by atoms with Crippen molar-refractivity contribution in [3.63, 3.8) is 0 Å². The molecule has 1 aliphatic heterocycles. The fourth-order valence-electron chi connectivity index (χ4n) is 3.14. The molecule has 0 atom stereocenters. The summed E-state index contributed by atoms with van der Waals surface area (Å²) < 4.78 is 0. The molecule has 2 aromatic rings. The first-order valence-corrected chi connectivity index (χ1v) is 9.36. The molecule has 0 radical (unpaired) electrons. The van der Waals surface area contributed by atoms with Gasteiger partial charge in [-0.3, -0.25) is 14.8 Å². The molecule has 1 N–H and O–H groups in total. The summed E-state index contributed by atoms with van der Waals surface area (Å²) in [5.74, 6) is 0.729. The van der Waals surface area contributed by atoms with E-state index >= 15 is 0 Å². The average molecular weight is 386 g/mol. The predicted octanol–water partition coefficient (Wildman–Crippen LogP) is 3.55. The third-order valence-corrected chi connectivity index (χ3v) is 4.59. The Bertz CT molecular complexity index is 983. The molecule has 3 rings (SSSR count). The molecule has 7 heteroatoms. The normalized spacial score (nSPS) is 14.0. The van der Waals surface area contributed by atoms with Crippen LogP contribution in [-0.4, -0.2) is 44.0 Å². The summed E-state index contributed by atoms with van der Waals surface area (Å²) in [4.78, 5) is 25.8. The molecule has 0 spiro atoms. The van der Waals surface area contributed by atoms with Gasteiger partial charge in [-0.05, 0) is 43.8 Å². The van der Waals surface area contributed by atoms with Gasteiger partial charge in [0.05, 0.1) is 11.3 Å². The number of nitriles is 1. The van der Waals surface area contributed by atoms with Gasteiger partial charge in [-0.2, -0.15) is 5.26 Å². The third kappa shape index (κ3) is 5.14. The number of rotatable bonds is 8. The molecular weight excluding hydrogens is 364 g/mol. The van der Waals surface area contributed by atoms with Crippen LogP contribution in [0, 0.1) is 11.3 Å². The first-order chi connectivity index (χ1) is 14.2. The van der Waals surface area contributed by atoms with Crippen LogP contribution in [0.2, 0.25) is 0 Å². The number of aromatic nitrogens is 1. The number of nitrogens with zero attached hydrogens (tertiary/aromatic N) is 5. The van der Waals surface area contributed by atoms with Crippen LogP contribution in [0.5, 0.6) is 0 Å². The second kappa shape index (κ2) is 9.95. The van der Waals surface area contributed by atoms with Crippen molar-refractivity contribution in [1.82, 2.24) is 4.98 Å². The van der Waals surface area contributed by atoms with Crippen LogP contribution in [0.1, 0.15) is 34.3 Å². The molecule has 1 fully saturated rings. The summed E-state index contributed by atoms with van der Waals surface area (Å²) in [6.07, 6.45) is 8.12. The number of carbonyl (C=O) groups is 1. The minimum absolute atomic E-state index is 0.346. The molecular formula is C22H22N6O. The van der Waals surface area contributed by atoms with E-state index in [4.69, 9.17) is 0 Å². The van der Waals surface area contributed by atoms with E-state index in [1.54, 1.807) is 42.8 Å². The summed E-state index contributed by atoms with van der Waals surface area (Å²) in [6.45, 7) is 5.81. The van der Waals surface area contributed by atoms with E-state index in [-0.39, 0.29) is 0 Å². The first-order valence-electron chi connectivity index (χ1n) is 9.36. The highest BCUT2D eigenvalue weighted by Crippen LogP contribution is 2.25. The zero-order valence-electron chi connectivity index (χ0n) is 16.1. The molecule has 1 saturated heterocycles. The smallest absolute Gasteiger partial charge is 0.150 e. The topological polar surface area (TPSA) is 93.7 Å². The van der Waals surface area contributed by atoms with E-state index in [1.165, 1.54) is 0 Å². The zero-order chi connectivity index (χ0) is 20.5. The van der Waals surface area contributed by atoms with Gasteiger partial charge < -0.3 is 10.2 Å². The molecule has 0 unspecified atom stereocenters. The number of nitrogens with one attached hydrogen (secondary N) is 1. The van der Waals surface area contributed by atoms with Crippen LogP contribution in [0.3, 0.4) is 0 Å². The number of carbonyl (C=O) groups excluding carboxylic acids is 1. The van der Waals surface area contributed by atoms with E-state index in [1.807, 2.05) is 6.07 Å². The molecule has 1 aliphatic rings. The van der Waals surface area contributed by atoms with Gasteiger partial charge in [-0.1, -0.05) is 12.1 Å². The van der Waals surface area contributed by atoms with Crippen molar-refractivity contribution in [3.05, 3.63) is 59.3 Å². The van der Waals surface area contributed by atoms with Crippen LogP contribution < -0.4 is 10.2 Å². The number of anilines is 2. The van der Waals surface area contributed by atoms with Crippen molar-refractivity contribution >= 4 is 36.4 Å². The van der Waals surface area contributed by atoms with E-state index in [2.05, 4.69) is 38.0 Å². The summed E-state index contributed by atoms with van der Waals surface area (Å²) in [6, 6.07) is 11.2. The molecule has 7 nitrogen and oxygen atoms in total. The maximum atomic E-state index is 10.8. The maximum absolute atomic E-state index is 10.8. The van der Waals surface area contributed by atoms with Crippen molar-refractivity contribution in [2.75, 3.05) is 30.0 Å². The minimum Gasteiger partial charge on any atom is -0.366 e. The van der Waals surface area contributed by atoms with Gasteiger partial charge in [-0.15, -0.1) is 0 Å². The Hall–Kier alpha value is -3.79. The van der Waals surface area contributed by atoms with Crippen LogP contribution in [-0.2, 0) is 0 Å². The van der Waals surface area contributed by atoms with E-state index in [0.717, 1.165) is 49.3 Å². The van der Waals surface area contributed by atoms with Gasteiger partial charge in [0.25, 0.3) is 0 Å². The Morgan fingerprint density at radius 2 is 2.17 bits per heavy atom. The molecule has 2 heterocycles. The molecule has 1 aromatic carbocycles. The number of pyridine rings is 1. The van der Waals surface area contributed by atoms with E-state index in [9.17, 15) is 10.1 Å². The fraction of sp³-hybridized carbons (Fsp3) is 0.227. The van der Waals surface area contributed by atoms with Crippen molar-refractivity contribution in [1.29, 1.82) is 5.26 Å². The lowest BCUT2D eigenvalue weighted by Gasteiger charge is -2.17. The number of hydrogen-bond donors (Lipinski definition) is 1. The Morgan fingerprint density at radius 3 is 2.90 bits per heavy atom. The van der Waals surface area contributed by atoms with Gasteiger partial charge in [0, 0.05) is 42.3 Å². The molecule has 0 saturated carbocycles. The van der Waals surface area contributed by atoms with E-state index < -0.39 is 0 Å². The highest BCUT2D eigenvalue weighted by molar-refractivity contribution is 5.85. The van der Waals surface area contributed by atoms with Gasteiger partial charge in [0.2, 0.25) is 0 Å². The monoisotopic (exact) mass is 386 g/mol. The second-order valence-electron chi connectivity index (χ2n) is 6.52. The standard InChI is InChI=1S/C22H22N6O/c1-24-21(7-8-25-16-27-20-6-4-5-17(11-20)15-29)19-12-18(13-23)22(26-14-19)28-9-2-3-10-28/h4-8,11-12,14-15,27H,1-3,9-10,16H2/b21-7-,25-8-. The molecule has 0 bridgehead atoms. The summed E-state index contributed by atoms with van der Waals surface area (Å²) in [7, 11) is 0. The lowest BCUT2D eigenvalue weighted by Crippen LogP contribution is -2.20. The number of aliphatic imine (C=N–C) groups is 2. The Kier molecular flexibility index (Phi) is 6.85. The van der Waals surface area contributed by atoms with Crippen molar-refractivity contribution in [3.8, 4) is 6.07 Å². The lowest BCUT2D eigenvalue weighted by molar-refractivity contribution is 0.112. The second-order valence-corrected chi connectivity index (χ2v) is 6.52. The Balaban J connectivity index is 1.67. The van der Waals surface area contributed by atoms with Crippen molar-refractivity contribution in [2.45, 2.75) is 12.8 Å². The molecule has 146 valence electrons. The quantitative estimate of drug-likeness (QED) is 0.553. The average Bonchev–Trinajstić information content (AvgIpc) is 3.30. The molecule has 29 heavy (non-hydrogen) atoms. The van der Waals surface area contributed by atoms with Crippen LogP contribution in [0.25, 0.3) is 5.70 Å². The summed E-state index contributed by atoms with van der Waals surface area (Å²) in [5, 5.41) is 12.6. The number of allylic oxidation sites excluding steroid dienone is 1. The highest BCUT2D eigenvalue weighted by Gasteiger charge is 2.18. The summed E-state index contributed by atoms with van der Waals surface area (Å²) in [5.41, 5.74) is 3.27. The third-order valence-electron chi connectivity index (χ3n) is 4.59.